The Morgan fingerprint density at radius 1 is 0.674 bits per heavy atom. The van der Waals surface area contributed by atoms with Crippen molar-refractivity contribution in [2.75, 3.05) is 6.79 Å². The van der Waals surface area contributed by atoms with E-state index in [4.69, 9.17) is 43.4 Å². The lowest BCUT2D eigenvalue weighted by atomic mass is 9.95. The molecule has 0 spiro atoms. The molecule has 2 heterocycles. The summed E-state index contributed by atoms with van der Waals surface area (Å²) in [5.41, 5.74) is 3.90. The van der Waals surface area contributed by atoms with Gasteiger partial charge in [-0.3, -0.25) is 0 Å². The highest BCUT2D eigenvalue weighted by atomic mass is 32.1. The quantitative estimate of drug-likeness (QED) is 0.168. The van der Waals surface area contributed by atoms with Crippen molar-refractivity contribution in [3.63, 3.8) is 0 Å². The Kier molecular flexibility index (Phi) is 10.3. The van der Waals surface area contributed by atoms with E-state index in [9.17, 15) is 9.59 Å². The first-order valence-electron chi connectivity index (χ1n) is 13.9. The number of allylic oxidation sites excluding steroid dienone is 2. The molecule has 0 amide bonds. The first kappa shape index (κ1) is 31.8. The number of thiocarbonyl (C=S) groups is 2. The average Bonchev–Trinajstić information content (AvgIpc) is 2.92. The van der Waals surface area contributed by atoms with Crippen LogP contribution >= 0.6 is 24.4 Å². The topological polar surface area (TPSA) is 119 Å². The molecule has 0 aliphatic carbocycles. The number of benzene rings is 2. The fraction of sp³-hybridized carbons (Fsp3) is 0.355. The maximum atomic E-state index is 12.8. The Bertz CT molecular complexity index is 1340. The summed E-state index contributed by atoms with van der Waals surface area (Å²) in [5, 5.41) is 13.2. The van der Waals surface area contributed by atoms with Gasteiger partial charge in [0.25, 0.3) is 0 Å². The molecule has 2 aliphatic heterocycles. The van der Waals surface area contributed by atoms with E-state index in [2.05, 4.69) is 21.3 Å². The van der Waals surface area contributed by atoms with Gasteiger partial charge < -0.3 is 40.2 Å². The summed E-state index contributed by atoms with van der Waals surface area (Å²) < 4.78 is 22.5. The molecular weight excluding hydrogens is 588 g/mol. The molecule has 2 unspecified atom stereocenters. The second kappa shape index (κ2) is 13.9. The van der Waals surface area contributed by atoms with Gasteiger partial charge in [0.2, 0.25) is 6.79 Å². The number of ether oxygens (including phenoxy) is 4. The van der Waals surface area contributed by atoms with E-state index >= 15 is 0 Å². The Morgan fingerprint density at radius 3 is 1.35 bits per heavy atom. The van der Waals surface area contributed by atoms with Crippen LogP contribution in [0, 0.1) is 0 Å². The maximum absolute atomic E-state index is 12.8. The van der Waals surface area contributed by atoms with Crippen LogP contribution in [-0.2, 0) is 19.1 Å². The van der Waals surface area contributed by atoms with Crippen molar-refractivity contribution < 1.29 is 28.5 Å². The first-order valence-corrected chi connectivity index (χ1v) is 14.7. The maximum Gasteiger partial charge on any atom is 0.338 e. The highest BCUT2D eigenvalue weighted by molar-refractivity contribution is 7.80. The second-order valence-corrected chi connectivity index (χ2v) is 11.4. The fourth-order valence-electron chi connectivity index (χ4n) is 4.66. The van der Waals surface area contributed by atoms with Crippen molar-refractivity contribution in [1.82, 2.24) is 21.3 Å². The lowest BCUT2D eigenvalue weighted by molar-refractivity contribution is -0.144. The summed E-state index contributed by atoms with van der Waals surface area (Å²) in [5.74, 6) is 0.364. The summed E-state index contributed by atoms with van der Waals surface area (Å²) in [6, 6.07) is 13.7. The number of nitrogens with one attached hydrogen (secondary N) is 4. The van der Waals surface area contributed by atoms with Crippen molar-refractivity contribution in [3.8, 4) is 11.5 Å². The van der Waals surface area contributed by atoms with E-state index in [1.54, 1.807) is 38.1 Å². The zero-order valence-electron chi connectivity index (χ0n) is 24.9. The van der Waals surface area contributed by atoms with Gasteiger partial charge >= 0.3 is 11.9 Å². The largest absolute Gasteiger partial charge is 0.459 e. The van der Waals surface area contributed by atoms with Gasteiger partial charge in [0.05, 0.1) is 35.4 Å². The van der Waals surface area contributed by atoms with Crippen LogP contribution in [0.1, 0.15) is 64.8 Å². The molecule has 0 aromatic heterocycles. The number of carbonyl (C=O) groups excluding carboxylic acids is 2. The molecule has 228 valence electrons. The molecule has 0 fully saturated rings. The van der Waals surface area contributed by atoms with Crippen LogP contribution in [-0.4, -0.2) is 41.2 Å². The van der Waals surface area contributed by atoms with E-state index in [1.165, 1.54) is 0 Å². The Balaban J connectivity index is 1.38. The molecule has 2 aromatic rings. The zero-order valence-corrected chi connectivity index (χ0v) is 26.5. The zero-order chi connectivity index (χ0) is 31.3. The molecule has 10 nitrogen and oxygen atoms in total. The molecular formula is C31H36N4O6S2. The summed E-state index contributed by atoms with van der Waals surface area (Å²) in [4.78, 5) is 25.6. The van der Waals surface area contributed by atoms with Gasteiger partial charge in [-0.1, -0.05) is 24.3 Å². The summed E-state index contributed by atoms with van der Waals surface area (Å²) in [6.45, 7) is 10.8. The average molecular weight is 625 g/mol. The second-order valence-electron chi connectivity index (χ2n) is 10.6. The molecule has 43 heavy (non-hydrogen) atoms. The number of hydrogen-bond acceptors (Lipinski definition) is 8. The Hall–Kier alpha value is -4.16. The van der Waals surface area contributed by atoms with Crippen LogP contribution in [0.5, 0.6) is 11.5 Å². The van der Waals surface area contributed by atoms with Gasteiger partial charge in [0.15, 0.2) is 10.2 Å². The number of esters is 2. The van der Waals surface area contributed by atoms with Crippen molar-refractivity contribution >= 4 is 46.6 Å². The summed E-state index contributed by atoms with van der Waals surface area (Å²) in [6.07, 6.45) is -0.499. The molecule has 2 atom stereocenters. The predicted octanol–water partition coefficient (Wildman–Crippen LogP) is 4.59. The van der Waals surface area contributed by atoms with Gasteiger partial charge in [-0.05, 0) is 101 Å². The highest BCUT2D eigenvalue weighted by Crippen LogP contribution is 2.31. The van der Waals surface area contributed by atoms with Crippen molar-refractivity contribution in [1.29, 1.82) is 0 Å². The summed E-state index contributed by atoms with van der Waals surface area (Å²) in [7, 11) is 0. The van der Waals surface area contributed by atoms with E-state index in [0.717, 1.165) is 11.1 Å². The van der Waals surface area contributed by atoms with Crippen LogP contribution in [0.25, 0.3) is 0 Å². The van der Waals surface area contributed by atoms with Crippen LogP contribution in [0.2, 0.25) is 0 Å². The third kappa shape index (κ3) is 8.02. The molecule has 4 rings (SSSR count). The normalized spacial score (nSPS) is 18.4. The monoisotopic (exact) mass is 624 g/mol. The minimum atomic E-state index is -0.459. The van der Waals surface area contributed by atoms with E-state index in [1.807, 2.05) is 52.0 Å². The van der Waals surface area contributed by atoms with Crippen LogP contribution in [0.15, 0.2) is 71.1 Å². The molecule has 0 bridgehead atoms. The highest BCUT2D eigenvalue weighted by Gasteiger charge is 2.32. The van der Waals surface area contributed by atoms with Gasteiger partial charge in [-0.2, -0.15) is 0 Å². The van der Waals surface area contributed by atoms with Crippen LogP contribution in [0.4, 0.5) is 0 Å². The molecule has 0 saturated heterocycles. The minimum Gasteiger partial charge on any atom is -0.459 e. The fourth-order valence-corrected chi connectivity index (χ4v) is 5.20. The van der Waals surface area contributed by atoms with Crippen molar-refractivity contribution in [2.24, 2.45) is 0 Å². The van der Waals surface area contributed by atoms with E-state index in [-0.39, 0.29) is 19.0 Å². The number of carbonyl (C=O) groups is 2. The third-order valence-electron chi connectivity index (χ3n) is 6.54. The van der Waals surface area contributed by atoms with Crippen molar-refractivity contribution in [3.05, 3.63) is 82.2 Å². The smallest absolute Gasteiger partial charge is 0.338 e. The van der Waals surface area contributed by atoms with Gasteiger partial charge in [-0.15, -0.1) is 0 Å². The molecule has 2 aromatic carbocycles. The van der Waals surface area contributed by atoms with Gasteiger partial charge in [0, 0.05) is 11.4 Å². The lowest BCUT2D eigenvalue weighted by Crippen LogP contribution is -2.45. The van der Waals surface area contributed by atoms with Crippen LogP contribution < -0.4 is 30.7 Å². The van der Waals surface area contributed by atoms with Gasteiger partial charge in [-0.25, -0.2) is 9.59 Å². The third-order valence-corrected chi connectivity index (χ3v) is 6.98. The van der Waals surface area contributed by atoms with Gasteiger partial charge in [0.1, 0.15) is 11.5 Å². The van der Waals surface area contributed by atoms with Crippen molar-refractivity contribution in [2.45, 2.75) is 65.8 Å². The minimum absolute atomic E-state index is 0.0278. The first-order chi connectivity index (χ1) is 20.4. The molecule has 0 saturated carbocycles. The van der Waals surface area contributed by atoms with E-state index in [0.29, 0.717) is 44.3 Å². The molecule has 12 heteroatoms. The standard InChI is InChI=1S/C31H36N4O6S2/c1-16(2)40-28(36)24-18(5)32-30(42)34-26(24)20-7-11-22(12-8-20)38-15-39-23-13-9-21(10-14-23)27-25(29(37)41-17(3)4)19(6)33-31(43)35-27/h7-14,16-17,26-27H,15H2,1-6H3,(H2,32,34,42)(H2,33,35,43). The predicted molar refractivity (Wildman–Crippen MR) is 170 cm³/mol. The molecule has 4 N–H and O–H groups in total. The lowest BCUT2D eigenvalue weighted by Gasteiger charge is -2.30. The molecule has 0 radical (unpaired) electrons. The number of rotatable bonds is 10. The Morgan fingerprint density at radius 2 is 1.02 bits per heavy atom. The SMILES string of the molecule is CC1=C(C(=O)OC(C)C)C(c2ccc(OCOc3ccc(C4NC(=S)NC(C)=C4C(=O)OC(C)C)cc3)cc2)NC(=S)N1. The van der Waals surface area contributed by atoms with E-state index < -0.39 is 24.0 Å². The van der Waals surface area contributed by atoms with Crippen LogP contribution in [0.3, 0.4) is 0 Å². The Labute approximate surface area is 262 Å². The number of hydrogen-bond donors (Lipinski definition) is 4. The summed E-state index contributed by atoms with van der Waals surface area (Å²) >= 11 is 10.6. The molecule has 2 aliphatic rings.